The fourth-order valence-corrected chi connectivity index (χ4v) is 3.54. The maximum absolute atomic E-state index is 12.5. The highest BCUT2D eigenvalue weighted by Gasteiger charge is 2.14. The average molecular weight is 463 g/mol. The summed E-state index contributed by atoms with van der Waals surface area (Å²) < 4.78 is 1.26. The summed E-state index contributed by atoms with van der Waals surface area (Å²) in [6, 6.07) is 17.6. The minimum absolute atomic E-state index is 0.0191. The minimum Gasteiger partial charge on any atom is -0.352 e. The third kappa shape index (κ3) is 6.09. The Morgan fingerprint density at radius 2 is 1.82 bits per heavy atom. The Morgan fingerprint density at radius 3 is 2.52 bits per heavy atom. The molecule has 168 valence electrons. The van der Waals surface area contributed by atoms with Crippen LogP contribution in [-0.4, -0.2) is 22.9 Å². The molecule has 2 N–H and O–H groups in total. The van der Waals surface area contributed by atoms with Gasteiger partial charge in [0.2, 0.25) is 5.91 Å². The number of benzene rings is 2. The van der Waals surface area contributed by atoms with Crippen molar-refractivity contribution in [1.29, 1.82) is 5.26 Å². The zero-order valence-electron chi connectivity index (χ0n) is 18.3. The van der Waals surface area contributed by atoms with Gasteiger partial charge in [0, 0.05) is 28.5 Å². The number of nitrogens with one attached hydrogen (secondary N) is 2. The van der Waals surface area contributed by atoms with Crippen molar-refractivity contribution >= 4 is 29.1 Å². The Bertz CT molecular complexity index is 1290. The van der Waals surface area contributed by atoms with Crippen LogP contribution in [0.2, 0.25) is 5.02 Å². The number of carbonyl (C=O) groups is 2. The van der Waals surface area contributed by atoms with Gasteiger partial charge in [-0.3, -0.25) is 14.4 Å². The Balaban J connectivity index is 1.62. The molecule has 0 spiro atoms. The van der Waals surface area contributed by atoms with Crippen LogP contribution < -0.4 is 16.2 Å². The largest absolute Gasteiger partial charge is 0.352 e. The van der Waals surface area contributed by atoms with Crippen LogP contribution in [0.4, 0.5) is 5.69 Å². The number of amides is 2. The van der Waals surface area contributed by atoms with Gasteiger partial charge in [0.1, 0.15) is 18.2 Å². The molecule has 7 nitrogen and oxygen atoms in total. The summed E-state index contributed by atoms with van der Waals surface area (Å²) in [6.07, 6.45) is 0.661. The lowest BCUT2D eigenvalue weighted by atomic mass is 10.1. The van der Waals surface area contributed by atoms with Gasteiger partial charge in [0.05, 0.1) is 0 Å². The maximum Gasteiger partial charge on any atom is 0.269 e. The molecule has 3 aromatic rings. The van der Waals surface area contributed by atoms with E-state index >= 15 is 0 Å². The van der Waals surface area contributed by atoms with E-state index in [1.54, 1.807) is 56.3 Å². The predicted octanol–water partition coefficient (Wildman–Crippen LogP) is 3.60. The second kappa shape index (κ2) is 10.6. The first-order valence-corrected chi connectivity index (χ1v) is 10.7. The summed E-state index contributed by atoms with van der Waals surface area (Å²) >= 11 is 5.88. The standard InChI is InChI=1S/C25H23ClN4O3/c1-16-12-17(2)30(25(33)22(16)14-27)15-23(31)29-21-5-3-4-19(13-21)24(32)28-11-10-18-6-8-20(26)9-7-18/h3-9,12-13H,10-11,15H2,1-2H3,(H,28,32)(H,29,31). The Kier molecular flexibility index (Phi) is 7.65. The molecule has 1 aromatic heterocycles. The van der Waals surface area contributed by atoms with Crippen LogP contribution in [0.15, 0.2) is 59.4 Å². The molecule has 3 rings (SSSR count). The van der Waals surface area contributed by atoms with Gasteiger partial charge in [-0.25, -0.2) is 0 Å². The van der Waals surface area contributed by atoms with Gasteiger partial charge >= 0.3 is 0 Å². The maximum atomic E-state index is 12.5. The van der Waals surface area contributed by atoms with Gasteiger partial charge in [-0.1, -0.05) is 29.8 Å². The number of nitrogens with zero attached hydrogens (tertiary/aromatic N) is 2. The molecule has 0 bridgehead atoms. The molecular formula is C25H23ClN4O3. The lowest BCUT2D eigenvalue weighted by Crippen LogP contribution is -2.31. The van der Waals surface area contributed by atoms with Crippen LogP contribution in [0.1, 0.15) is 32.7 Å². The number of carbonyl (C=O) groups excluding carboxylic acids is 2. The fourth-order valence-electron chi connectivity index (χ4n) is 3.42. The second-order valence-corrected chi connectivity index (χ2v) is 8.04. The monoisotopic (exact) mass is 462 g/mol. The molecule has 0 saturated carbocycles. The minimum atomic E-state index is -0.501. The van der Waals surface area contributed by atoms with Gasteiger partial charge in [-0.2, -0.15) is 5.26 Å². The van der Waals surface area contributed by atoms with E-state index in [0.29, 0.717) is 40.5 Å². The normalized spacial score (nSPS) is 10.4. The Labute approximate surface area is 196 Å². The van der Waals surface area contributed by atoms with Crippen LogP contribution in [0, 0.1) is 25.2 Å². The van der Waals surface area contributed by atoms with E-state index in [-0.39, 0.29) is 18.0 Å². The van der Waals surface area contributed by atoms with Crippen molar-refractivity contribution in [3.05, 3.63) is 97.9 Å². The van der Waals surface area contributed by atoms with E-state index in [2.05, 4.69) is 10.6 Å². The first-order valence-electron chi connectivity index (χ1n) is 10.3. The molecule has 2 aromatic carbocycles. The lowest BCUT2D eigenvalue weighted by molar-refractivity contribution is -0.116. The van der Waals surface area contributed by atoms with Crippen molar-refractivity contribution in [3.63, 3.8) is 0 Å². The molecule has 0 radical (unpaired) electrons. The highest BCUT2D eigenvalue weighted by atomic mass is 35.5. The molecular weight excluding hydrogens is 440 g/mol. The van der Waals surface area contributed by atoms with Crippen LogP contribution in [-0.2, 0) is 17.8 Å². The van der Waals surface area contributed by atoms with Crippen molar-refractivity contribution in [1.82, 2.24) is 9.88 Å². The number of nitriles is 1. The number of rotatable bonds is 7. The lowest BCUT2D eigenvalue weighted by Gasteiger charge is -2.13. The molecule has 0 fully saturated rings. The first kappa shape index (κ1) is 23.8. The van der Waals surface area contributed by atoms with Crippen molar-refractivity contribution < 1.29 is 9.59 Å². The van der Waals surface area contributed by atoms with E-state index in [9.17, 15) is 19.6 Å². The van der Waals surface area contributed by atoms with E-state index in [1.165, 1.54) is 4.57 Å². The zero-order chi connectivity index (χ0) is 24.0. The van der Waals surface area contributed by atoms with Gasteiger partial charge < -0.3 is 15.2 Å². The number of pyridine rings is 1. The average Bonchev–Trinajstić information content (AvgIpc) is 2.78. The number of hydrogen-bond acceptors (Lipinski definition) is 4. The quantitative estimate of drug-likeness (QED) is 0.559. The zero-order valence-corrected chi connectivity index (χ0v) is 19.1. The van der Waals surface area contributed by atoms with Gasteiger partial charge in [0.15, 0.2) is 0 Å². The molecule has 0 saturated heterocycles. The van der Waals surface area contributed by atoms with Crippen molar-refractivity contribution in [2.45, 2.75) is 26.8 Å². The number of hydrogen-bond donors (Lipinski definition) is 2. The molecule has 0 aliphatic carbocycles. The first-order chi connectivity index (χ1) is 15.8. The Hall–Kier alpha value is -3.89. The summed E-state index contributed by atoms with van der Waals surface area (Å²) in [4.78, 5) is 37.5. The topological polar surface area (TPSA) is 104 Å². The van der Waals surface area contributed by atoms with E-state index in [1.807, 2.05) is 18.2 Å². The third-order valence-electron chi connectivity index (χ3n) is 5.14. The molecule has 8 heteroatoms. The number of halogens is 1. The molecule has 0 unspecified atom stereocenters. The van der Waals surface area contributed by atoms with Crippen LogP contribution >= 0.6 is 11.6 Å². The van der Waals surface area contributed by atoms with Gasteiger partial charge in [-0.15, -0.1) is 0 Å². The summed E-state index contributed by atoms with van der Waals surface area (Å²) in [6.45, 7) is 3.60. The van der Waals surface area contributed by atoms with E-state index < -0.39 is 11.5 Å². The summed E-state index contributed by atoms with van der Waals surface area (Å²) in [5.74, 6) is -0.697. The van der Waals surface area contributed by atoms with Crippen molar-refractivity contribution in [2.75, 3.05) is 11.9 Å². The number of aryl methyl sites for hydroxylation is 2. The smallest absolute Gasteiger partial charge is 0.269 e. The molecule has 2 amide bonds. The summed E-state index contributed by atoms with van der Waals surface area (Å²) in [5, 5.41) is 15.4. The van der Waals surface area contributed by atoms with Gasteiger partial charge in [-0.05, 0) is 67.8 Å². The van der Waals surface area contributed by atoms with Gasteiger partial charge in [0.25, 0.3) is 11.5 Å². The molecule has 33 heavy (non-hydrogen) atoms. The van der Waals surface area contributed by atoms with Crippen LogP contribution in [0.3, 0.4) is 0 Å². The molecule has 1 heterocycles. The van der Waals surface area contributed by atoms with Crippen LogP contribution in [0.5, 0.6) is 0 Å². The third-order valence-corrected chi connectivity index (χ3v) is 5.39. The van der Waals surface area contributed by atoms with Crippen molar-refractivity contribution in [3.8, 4) is 6.07 Å². The molecule has 0 aliphatic heterocycles. The molecule has 0 aliphatic rings. The highest BCUT2D eigenvalue weighted by Crippen LogP contribution is 2.12. The fraction of sp³-hybridized carbons (Fsp3) is 0.200. The SMILES string of the molecule is Cc1cc(C)n(CC(=O)Nc2cccc(C(=O)NCCc3ccc(Cl)cc3)c2)c(=O)c1C#N. The summed E-state index contributed by atoms with van der Waals surface area (Å²) in [7, 11) is 0. The highest BCUT2D eigenvalue weighted by molar-refractivity contribution is 6.30. The Morgan fingerprint density at radius 1 is 1.09 bits per heavy atom. The van der Waals surface area contributed by atoms with Crippen molar-refractivity contribution in [2.24, 2.45) is 0 Å². The second-order valence-electron chi connectivity index (χ2n) is 7.61. The van der Waals surface area contributed by atoms with Crippen LogP contribution in [0.25, 0.3) is 0 Å². The van der Waals surface area contributed by atoms with E-state index in [4.69, 9.17) is 11.6 Å². The molecule has 0 atom stereocenters. The number of anilines is 1. The summed E-state index contributed by atoms with van der Waals surface area (Å²) in [5.41, 5.74) is 2.57. The predicted molar refractivity (Wildman–Crippen MR) is 127 cm³/mol. The van der Waals surface area contributed by atoms with E-state index in [0.717, 1.165) is 5.56 Å². The number of aromatic nitrogens is 1.